The van der Waals surface area contributed by atoms with Crippen LogP contribution in [0.1, 0.15) is 13.8 Å². The zero-order chi connectivity index (χ0) is 16.0. The van der Waals surface area contributed by atoms with Crippen LogP contribution >= 0.6 is 0 Å². The van der Waals surface area contributed by atoms with Gasteiger partial charge in [-0.3, -0.25) is 15.4 Å². The van der Waals surface area contributed by atoms with Gasteiger partial charge in [0.25, 0.3) is 0 Å². The number of rotatable bonds is 7. The minimum absolute atomic E-state index is 0.116. The molecule has 0 heterocycles. The van der Waals surface area contributed by atoms with Crippen LogP contribution in [0.15, 0.2) is 18.2 Å². The molecule has 0 aromatic heterocycles. The van der Waals surface area contributed by atoms with E-state index in [1.54, 1.807) is 13.8 Å². The lowest BCUT2D eigenvalue weighted by Crippen LogP contribution is -2.54. The van der Waals surface area contributed by atoms with Gasteiger partial charge >= 0.3 is 11.7 Å². The molecule has 0 saturated heterocycles. The highest BCUT2D eigenvalue weighted by atomic mass is 19.1. The molecule has 1 aromatic rings. The van der Waals surface area contributed by atoms with Gasteiger partial charge in [-0.2, -0.15) is 0 Å². The van der Waals surface area contributed by atoms with Crippen LogP contribution in [0.4, 0.5) is 10.1 Å². The van der Waals surface area contributed by atoms with Crippen molar-refractivity contribution in [2.24, 2.45) is 0 Å². The van der Waals surface area contributed by atoms with Gasteiger partial charge in [-0.25, -0.2) is 9.18 Å². The van der Waals surface area contributed by atoms with Crippen LogP contribution in [-0.2, 0) is 9.53 Å². The molecule has 0 fully saturated rings. The van der Waals surface area contributed by atoms with Crippen molar-refractivity contribution in [3.8, 4) is 5.75 Å². The zero-order valence-electron chi connectivity index (χ0n) is 12.0. The third-order valence-corrected chi connectivity index (χ3v) is 2.84. The van der Waals surface area contributed by atoms with E-state index >= 15 is 0 Å². The molecule has 0 radical (unpaired) electrons. The number of nitrogens with one attached hydrogen (secondary N) is 1. The smallest absolute Gasteiger partial charge is 0.329 e. The highest BCUT2D eigenvalue weighted by molar-refractivity contribution is 5.80. The van der Waals surface area contributed by atoms with Crippen molar-refractivity contribution in [1.29, 1.82) is 0 Å². The number of likely N-dealkylation sites (N-methyl/N-ethyl adjacent to an activating group) is 1. The van der Waals surface area contributed by atoms with E-state index in [-0.39, 0.29) is 12.4 Å². The molecule has 1 N–H and O–H groups in total. The first kappa shape index (κ1) is 16.8. The number of methoxy groups -OCH3 is 1. The van der Waals surface area contributed by atoms with Gasteiger partial charge in [-0.05, 0) is 25.6 Å². The van der Waals surface area contributed by atoms with E-state index in [1.165, 1.54) is 7.11 Å². The molecule has 0 aliphatic carbocycles. The lowest BCUT2D eigenvalue weighted by atomic mass is 10.0. The maximum Gasteiger partial charge on any atom is 0.329 e. The van der Waals surface area contributed by atoms with Gasteiger partial charge in [0.2, 0.25) is 0 Å². The van der Waals surface area contributed by atoms with Gasteiger partial charge in [0.05, 0.1) is 18.1 Å². The van der Waals surface area contributed by atoms with Crippen LogP contribution < -0.4 is 10.1 Å². The van der Waals surface area contributed by atoms with Crippen LogP contribution in [0.3, 0.4) is 0 Å². The van der Waals surface area contributed by atoms with Crippen molar-refractivity contribution in [3.05, 3.63) is 34.1 Å². The number of nitrogens with zero attached hydrogens (tertiary/aromatic N) is 1. The minimum Gasteiger partial charge on any atom is -0.484 e. The maximum absolute atomic E-state index is 13.0. The summed E-state index contributed by atoms with van der Waals surface area (Å²) in [5.41, 5.74) is -1.66. The van der Waals surface area contributed by atoms with Crippen molar-refractivity contribution in [2.45, 2.75) is 19.4 Å². The number of esters is 1. The molecule has 0 bridgehead atoms. The van der Waals surface area contributed by atoms with Crippen LogP contribution in [-0.4, -0.2) is 36.7 Å². The number of nitro groups is 1. The number of ether oxygens (including phenoxy) is 2. The van der Waals surface area contributed by atoms with E-state index < -0.39 is 27.9 Å². The molecule has 0 spiro atoms. The molecule has 0 amide bonds. The van der Waals surface area contributed by atoms with Crippen molar-refractivity contribution >= 4 is 11.7 Å². The Balaban J connectivity index is 2.95. The number of hydrogen-bond donors (Lipinski definition) is 1. The Morgan fingerprint density at radius 3 is 2.71 bits per heavy atom. The lowest BCUT2D eigenvalue weighted by Gasteiger charge is -2.27. The minimum atomic E-state index is -1.16. The number of halogens is 1. The molecule has 21 heavy (non-hydrogen) atoms. The molecule has 0 saturated carbocycles. The SMILES string of the molecule is CCNC(C)(COc1ccc(F)cc1[N+](=O)[O-])C(=O)OC. The third kappa shape index (κ3) is 4.12. The van der Waals surface area contributed by atoms with Crippen molar-refractivity contribution < 1.29 is 23.6 Å². The van der Waals surface area contributed by atoms with Gasteiger partial charge in [-0.15, -0.1) is 0 Å². The first-order valence-electron chi connectivity index (χ1n) is 6.24. The standard InChI is InChI=1S/C13H17FN2O5/c1-4-15-13(2,12(17)20-3)8-21-11-6-5-9(14)7-10(11)16(18)19/h5-7,15H,4,8H2,1-3H3. The summed E-state index contributed by atoms with van der Waals surface area (Å²) in [6.07, 6.45) is 0. The van der Waals surface area contributed by atoms with E-state index in [1.807, 2.05) is 0 Å². The highest BCUT2D eigenvalue weighted by Crippen LogP contribution is 2.28. The quantitative estimate of drug-likeness (QED) is 0.468. The van der Waals surface area contributed by atoms with Crippen molar-refractivity contribution in [3.63, 3.8) is 0 Å². The molecule has 1 rings (SSSR count). The van der Waals surface area contributed by atoms with Crippen molar-refractivity contribution in [1.82, 2.24) is 5.32 Å². The Kier molecular flexibility index (Phi) is 5.60. The number of carbonyl (C=O) groups excluding carboxylic acids is 1. The van der Waals surface area contributed by atoms with Gasteiger partial charge in [0.15, 0.2) is 5.75 Å². The van der Waals surface area contributed by atoms with Gasteiger partial charge in [0.1, 0.15) is 18.0 Å². The summed E-state index contributed by atoms with van der Waals surface area (Å²) < 4.78 is 23.0. The third-order valence-electron chi connectivity index (χ3n) is 2.84. The van der Waals surface area contributed by atoms with Gasteiger partial charge in [0, 0.05) is 0 Å². The fraction of sp³-hybridized carbons (Fsp3) is 0.462. The second kappa shape index (κ2) is 6.98. The summed E-state index contributed by atoms with van der Waals surface area (Å²) >= 11 is 0. The number of nitro benzene ring substituents is 1. The van der Waals surface area contributed by atoms with E-state index in [0.29, 0.717) is 6.54 Å². The van der Waals surface area contributed by atoms with Crippen LogP contribution in [0.5, 0.6) is 5.75 Å². The van der Waals surface area contributed by atoms with Crippen molar-refractivity contribution in [2.75, 3.05) is 20.3 Å². The molecule has 1 aromatic carbocycles. The molecular formula is C13H17FN2O5. The zero-order valence-corrected chi connectivity index (χ0v) is 12.0. The van der Waals surface area contributed by atoms with Crippen LogP contribution in [0.2, 0.25) is 0 Å². The molecule has 7 nitrogen and oxygen atoms in total. The Hall–Kier alpha value is -2.22. The highest BCUT2D eigenvalue weighted by Gasteiger charge is 2.35. The van der Waals surface area contributed by atoms with E-state index in [9.17, 15) is 19.3 Å². The Morgan fingerprint density at radius 1 is 1.52 bits per heavy atom. The fourth-order valence-corrected chi connectivity index (χ4v) is 1.77. The average molecular weight is 300 g/mol. The summed E-state index contributed by atoms with van der Waals surface area (Å²) in [4.78, 5) is 21.9. The number of carbonyl (C=O) groups is 1. The Bertz CT molecular complexity index is 537. The topological polar surface area (TPSA) is 90.7 Å². The fourth-order valence-electron chi connectivity index (χ4n) is 1.77. The normalized spacial score (nSPS) is 13.3. The molecular weight excluding hydrogens is 283 g/mol. The first-order chi connectivity index (χ1) is 9.84. The second-order valence-corrected chi connectivity index (χ2v) is 4.51. The van der Waals surface area contributed by atoms with Crippen LogP contribution in [0, 0.1) is 15.9 Å². The summed E-state index contributed by atoms with van der Waals surface area (Å²) in [6.45, 7) is 3.62. The second-order valence-electron chi connectivity index (χ2n) is 4.51. The Morgan fingerprint density at radius 2 is 2.19 bits per heavy atom. The predicted octanol–water partition coefficient (Wildman–Crippen LogP) is 1.65. The molecule has 1 unspecified atom stereocenters. The summed E-state index contributed by atoms with van der Waals surface area (Å²) in [5, 5.41) is 13.8. The predicted molar refractivity (Wildman–Crippen MR) is 72.6 cm³/mol. The largest absolute Gasteiger partial charge is 0.484 e. The summed E-state index contributed by atoms with van der Waals surface area (Å²) in [5.74, 6) is -1.42. The molecule has 8 heteroatoms. The van der Waals surface area contributed by atoms with E-state index in [4.69, 9.17) is 4.74 Å². The monoisotopic (exact) mass is 300 g/mol. The summed E-state index contributed by atoms with van der Waals surface area (Å²) in [7, 11) is 1.23. The number of benzene rings is 1. The molecule has 1 atom stereocenters. The molecule has 0 aliphatic rings. The molecule has 116 valence electrons. The first-order valence-corrected chi connectivity index (χ1v) is 6.24. The number of hydrogen-bond acceptors (Lipinski definition) is 6. The lowest BCUT2D eigenvalue weighted by molar-refractivity contribution is -0.386. The van der Waals surface area contributed by atoms with E-state index in [0.717, 1.165) is 18.2 Å². The molecule has 0 aliphatic heterocycles. The van der Waals surface area contributed by atoms with Gasteiger partial charge in [-0.1, -0.05) is 6.92 Å². The van der Waals surface area contributed by atoms with Gasteiger partial charge < -0.3 is 9.47 Å². The maximum atomic E-state index is 13.0. The Labute approximate surface area is 121 Å². The van der Waals surface area contributed by atoms with E-state index in [2.05, 4.69) is 10.1 Å². The summed E-state index contributed by atoms with van der Waals surface area (Å²) in [6, 6.07) is 2.96. The average Bonchev–Trinajstić information content (AvgIpc) is 2.45. The van der Waals surface area contributed by atoms with Crippen LogP contribution in [0.25, 0.3) is 0 Å².